The third-order valence-corrected chi connectivity index (χ3v) is 3.33. The van der Waals surface area contributed by atoms with E-state index >= 15 is 0 Å². The van der Waals surface area contributed by atoms with E-state index in [1.807, 2.05) is 19.1 Å². The predicted molar refractivity (Wildman–Crippen MR) is 70.4 cm³/mol. The van der Waals surface area contributed by atoms with Crippen molar-refractivity contribution in [3.05, 3.63) is 29.8 Å². The van der Waals surface area contributed by atoms with Crippen LogP contribution >= 0.6 is 0 Å². The van der Waals surface area contributed by atoms with Gasteiger partial charge in [-0.25, -0.2) is 4.79 Å². The maximum absolute atomic E-state index is 12.0. The molecule has 2 atom stereocenters. The molecule has 0 radical (unpaired) electrons. The Labute approximate surface area is 116 Å². The smallest absolute Gasteiger partial charge is 0.326 e. The van der Waals surface area contributed by atoms with Gasteiger partial charge in [0.15, 0.2) is 6.61 Å². The standard InChI is InChI=1S/C14H17NO5/c1-9-4-2-3-5-12(9)20-8-13(17)15-7-10(16)6-11(15)14(18)19/h2-5,10-11,16H,6-8H2,1H3,(H,18,19)/t10-,11+/m1/s1. The van der Waals surface area contributed by atoms with Crippen LogP contribution in [-0.4, -0.2) is 52.3 Å². The van der Waals surface area contributed by atoms with E-state index in [1.54, 1.807) is 12.1 Å². The van der Waals surface area contributed by atoms with E-state index in [2.05, 4.69) is 0 Å². The molecular formula is C14H17NO5. The number of aliphatic hydroxyl groups excluding tert-OH is 1. The minimum absolute atomic E-state index is 0.0347. The zero-order valence-corrected chi connectivity index (χ0v) is 11.2. The predicted octanol–water partition coefficient (Wildman–Crippen LogP) is 0.420. The number of para-hydroxylation sites is 1. The summed E-state index contributed by atoms with van der Waals surface area (Å²) in [5.41, 5.74) is 0.900. The molecule has 0 bridgehead atoms. The lowest BCUT2D eigenvalue weighted by Crippen LogP contribution is -2.43. The molecule has 1 saturated heterocycles. The van der Waals surface area contributed by atoms with Crippen LogP contribution in [0.15, 0.2) is 24.3 Å². The van der Waals surface area contributed by atoms with Crippen molar-refractivity contribution in [1.29, 1.82) is 0 Å². The Morgan fingerprint density at radius 2 is 2.10 bits per heavy atom. The van der Waals surface area contributed by atoms with Gasteiger partial charge in [-0.2, -0.15) is 0 Å². The van der Waals surface area contributed by atoms with Gasteiger partial charge in [0, 0.05) is 13.0 Å². The largest absolute Gasteiger partial charge is 0.484 e. The van der Waals surface area contributed by atoms with Crippen LogP contribution in [0.2, 0.25) is 0 Å². The molecule has 1 aromatic carbocycles. The number of rotatable bonds is 4. The van der Waals surface area contributed by atoms with Crippen molar-refractivity contribution in [3.63, 3.8) is 0 Å². The van der Waals surface area contributed by atoms with Gasteiger partial charge in [-0.1, -0.05) is 18.2 Å². The van der Waals surface area contributed by atoms with E-state index in [1.165, 1.54) is 0 Å². The molecule has 0 aliphatic carbocycles. The number of aliphatic hydroxyl groups is 1. The number of carboxylic acids is 1. The van der Waals surface area contributed by atoms with Crippen LogP contribution in [0, 0.1) is 6.92 Å². The summed E-state index contributed by atoms with van der Waals surface area (Å²) in [6.45, 7) is 1.66. The fraction of sp³-hybridized carbons (Fsp3) is 0.429. The number of nitrogens with zero attached hydrogens (tertiary/aromatic N) is 1. The van der Waals surface area contributed by atoms with Crippen LogP contribution < -0.4 is 4.74 Å². The molecule has 2 rings (SSSR count). The van der Waals surface area contributed by atoms with E-state index in [-0.39, 0.29) is 19.6 Å². The first-order valence-electron chi connectivity index (χ1n) is 6.38. The van der Waals surface area contributed by atoms with Crippen molar-refractivity contribution in [1.82, 2.24) is 4.90 Å². The van der Waals surface area contributed by atoms with E-state index in [4.69, 9.17) is 9.84 Å². The Hall–Kier alpha value is -2.08. The van der Waals surface area contributed by atoms with Gasteiger partial charge in [0.2, 0.25) is 0 Å². The molecule has 1 aromatic rings. The lowest BCUT2D eigenvalue weighted by Gasteiger charge is -2.21. The highest BCUT2D eigenvalue weighted by Gasteiger charge is 2.38. The number of amides is 1. The molecule has 1 aliphatic rings. The van der Waals surface area contributed by atoms with Crippen LogP contribution in [0.1, 0.15) is 12.0 Å². The lowest BCUT2D eigenvalue weighted by molar-refractivity contribution is -0.149. The molecule has 1 fully saturated rings. The van der Waals surface area contributed by atoms with Crippen molar-refractivity contribution < 1.29 is 24.5 Å². The molecule has 1 aliphatic heterocycles. The van der Waals surface area contributed by atoms with E-state index in [0.717, 1.165) is 10.5 Å². The normalized spacial score (nSPS) is 21.8. The van der Waals surface area contributed by atoms with Gasteiger partial charge in [-0.3, -0.25) is 4.79 Å². The van der Waals surface area contributed by atoms with Crippen molar-refractivity contribution in [2.75, 3.05) is 13.2 Å². The summed E-state index contributed by atoms with van der Waals surface area (Å²) in [7, 11) is 0. The summed E-state index contributed by atoms with van der Waals surface area (Å²) in [6.07, 6.45) is -0.732. The molecular weight excluding hydrogens is 262 g/mol. The van der Waals surface area contributed by atoms with Crippen molar-refractivity contribution >= 4 is 11.9 Å². The van der Waals surface area contributed by atoms with Crippen LogP contribution in [0.25, 0.3) is 0 Å². The molecule has 2 N–H and O–H groups in total. The van der Waals surface area contributed by atoms with Gasteiger partial charge in [-0.05, 0) is 18.6 Å². The molecule has 6 nitrogen and oxygen atoms in total. The van der Waals surface area contributed by atoms with Gasteiger partial charge in [-0.15, -0.1) is 0 Å². The first kappa shape index (κ1) is 14.3. The average Bonchev–Trinajstić information content (AvgIpc) is 2.80. The van der Waals surface area contributed by atoms with Gasteiger partial charge in [0.1, 0.15) is 11.8 Å². The van der Waals surface area contributed by atoms with Crippen molar-refractivity contribution in [2.45, 2.75) is 25.5 Å². The Bertz CT molecular complexity index is 516. The summed E-state index contributed by atoms with van der Waals surface area (Å²) in [6, 6.07) is 6.29. The quantitative estimate of drug-likeness (QED) is 0.834. The fourth-order valence-corrected chi connectivity index (χ4v) is 2.26. The number of carbonyl (C=O) groups is 2. The first-order chi connectivity index (χ1) is 9.49. The maximum atomic E-state index is 12.0. The second-order valence-corrected chi connectivity index (χ2v) is 4.84. The molecule has 0 spiro atoms. The number of aryl methyl sites for hydroxylation is 1. The number of hydrogen-bond acceptors (Lipinski definition) is 4. The Balaban J connectivity index is 1.98. The summed E-state index contributed by atoms with van der Waals surface area (Å²) >= 11 is 0. The fourth-order valence-electron chi connectivity index (χ4n) is 2.26. The van der Waals surface area contributed by atoms with E-state index < -0.39 is 24.0 Å². The third-order valence-electron chi connectivity index (χ3n) is 3.33. The molecule has 0 aromatic heterocycles. The number of carbonyl (C=O) groups excluding carboxylic acids is 1. The first-order valence-corrected chi connectivity index (χ1v) is 6.38. The maximum Gasteiger partial charge on any atom is 0.326 e. The highest BCUT2D eigenvalue weighted by molar-refractivity contribution is 5.85. The van der Waals surface area contributed by atoms with Gasteiger partial charge in [0.05, 0.1) is 6.10 Å². The topological polar surface area (TPSA) is 87.1 Å². The van der Waals surface area contributed by atoms with Gasteiger partial charge < -0.3 is 19.8 Å². The summed E-state index contributed by atoms with van der Waals surface area (Å²) in [5, 5.41) is 18.5. The highest BCUT2D eigenvalue weighted by atomic mass is 16.5. The molecule has 6 heteroatoms. The minimum Gasteiger partial charge on any atom is -0.484 e. The Morgan fingerprint density at radius 3 is 2.75 bits per heavy atom. The molecule has 0 unspecified atom stereocenters. The Kier molecular flexibility index (Phi) is 4.24. The molecule has 108 valence electrons. The molecule has 1 amide bonds. The number of β-amino-alcohol motifs (C(OH)–C–C–N with tert-alkyl or cyclic N) is 1. The van der Waals surface area contributed by atoms with E-state index in [9.17, 15) is 14.7 Å². The molecule has 20 heavy (non-hydrogen) atoms. The summed E-state index contributed by atoms with van der Waals surface area (Å²) < 4.78 is 5.41. The zero-order chi connectivity index (χ0) is 14.7. The van der Waals surface area contributed by atoms with Crippen LogP contribution in [0.5, 0.6) is 5.75 Å². The van der Waals surface area contributed by atoms with Crippen molar-refractivity contribution in [3.8, 4) is 5.75 Å². The highest BCUT2D eigenvalue weighted by Crippen LogP contribution is 2.20. The lowest BCUT2D eigenvalue weighted by atomic mass is 10.2. The zero-order valence-electron chi connectivity index (χ0n) is 11.2. The second kappa shape index (κ2) is 5.92. The summed E-state index contributed by atoms with van der Waals surface area (Å²) in [5.74, 6) is -0.949. The number of carboxylic acid groups (broad SMARTS) is 1. The molecule has 0 saturated carbocycles. The minimum atomic E-state index is -1.11. The number of likely N-dealkylation sites (tertiary alicyclic amines) is 1. The SMILES string of the molecule is Cc1ccccc1OCC(=O)N1C[C@H](O)C[C@H]1C(=O)O. The summed E-state index contributed by atoms with van der Waals surface area (Å²) in [4.78, 5) is 24.2. The Morgan fingerprint density at radius 1 is 1.40 bits per heavy atom. The van der Waals surface area contributed by atoms with Crippen LogP contribution in [0.4, 0.5) is 0 Å². The number of aliphatic carboxylic acids is 1. The number of hydrogen-bond donors (Lipinski definition) is 2. The number of benzene rings is 1. The second-order valence-electron chi connectivity index (χ2n) is 4.84. The van der Waals surface area contributed by atoms with Crippen molar-refractivity contribution in [2.24, 2.45) is 0 Å². The van der Waals surface area contributed by atoms with Gasteiger partial charge >= 0.3 is 5.97 Å². The van der Waals surface area contributed by atoms with E-state index in [0.29, 0.717) is 5.75 Å². The average molecular weight is 279 g/mol. The third kappa shape index (κ3) is 3.08. The number of ether oxygens (including phenoxy) is 1. The van der Waals surface area contributed by atoms with Gasteiger partial charge in [0.25, 0.3) is 5.91 Å². The molecule has 1 heterocycles. The monoisotopic (exact) mass is 279 g/mol. The van der Waals surface area contributed by atoms with Crippen LogP contribution in [0.3, 0.4) is 0 Å². The van der Waals surface area contributed by atoms with Crippen LogP contribution in [-0.2, 0) is 9.59 Å².